The number of likely N-dealkylation sites (tertiary alicyclic amines) is 1. The molecule has 0 aliphatic carbocycles. The monoisotopic (exact) mass is 592 g/mol. The van der Waals surface area contributed by atoms with Crippen LogP contribution in [0.5, 0.6) is 0 Å². The van der Waals surface area contributed by atoms with Crippen molar-refractivity contribution in [2.24, 2.45) is 17.8 Å². The van der Waals surface area contributed by atoms with E-state index in [0.29, 0.717) is 0 Å². The van der Waals surface area contributed by atoms with Crippen molar-refractivity contribution in [1.82, 2.24) is 9.88 Å². The Morgan fingerprint density at radius 1 is 0.905 bits per heavy atom. The molecule has 2 aliphatic rings. The van der Waals surface area contributed by atoms with Crippen LogP contribution in [0, 0.1) is 17.8 Å². The number of ether oxygens (including phenoxy) is 6. The SMILES string of the molecule is COC(=O)[C@H]1O[C@@H](O[C@H]2C[C@@H](c3cccnc3)N(C)C2=O)[C@H](OC(=O)C(C)C)[C@H](OC(=O)C(C)C)[C@@H]1OC(=O)C(C)C. The summed E-state index contributed by atoms with van der Waals surface area (Å²) >= 11 is 0. The van der Waals surface area contributed by atoms with Crippen LogP contribution in [-0.2, 0) is 52.4 Å². The first-order valence-corrected chi connectivity index (χ1v) is 13.9. The summed E-state index contributed by atoms with van der Waals surface area (Å²) in [6.07, 6.45) is -5.44. The van der Waals surface area contributed by atoms with Gasteiger partial charge in [-0.2, -0.15) is 0 Å². The van der Waals surface area contributed by atoms with E-state index in [2.05, 4.69) is 4.98 Å². The molecule has 2 saturated heterocycles. The first-order chi connectivity index (χ1) is 19.8. The minimum atomic E-state index is -1.63. The van der Waals surface area contributed by atoms with E-state index in [0.717, 1.165) is 12.7 Å². The van der Waals surface area contributed by atoms with Crippen LogP contribution >= 0.6 is 0 Å². The van der Waals surface area contributed by atoms with Crippen LogP contribution < -0.4 is 0 Å². The van der Waals surface area contributed by atoms with E-state index in [1.165, 1.54) is 4.90 Å². The number of likely N-dealkylation sites (N-methyl/N-ethyl adjacent to an activating group) is 1. The van der Waals surface area contributed by atoms with Gasteiger partial charge in [-0.25, -0.2) is 4.79 Å². The van der Waals surface area contributed by atoms with Gasteiger partial charge in [-0.05, 0) is 11.6 Å². The van der Waals surface area contributed by atoms with Crippen molar-refractivity contribution in [1.29, 1.82) is 0 Å². The van der Waals surface area contributed by atoms with E-state index < -0.39 is 78.4 Å². The Kier molecular flexibility index (Phi) is 11.0. The van der Waals surface area contributed by atoms with Gasteiger partial charge in [0.2, 0.25) is 6.29 Å². The van der Waals surface area contributed by atoms with Crippen LogP contribution in [0.2, 0.25) is 0 Å². The third-order valence-electron chi connectivity index (χ3n) is 6.99. The molecule has 0 bridgehead atoms. The van der Waals surface area contributed by atoms with Crippen molar-refractivity contribution in [3.05, 3.63) is 30.1 Å². The Morgan fingerprint density at radius 3 is 1.95 bits per heavy atom. The van der Waals surface area contributed by atoms with Crippen molar-refractivity contribution < 1.29 is 52.4 Å². The number of hydrogen-bond donors (Lipinski definition) is 0. The second-order valence-corrected chi connectivity index (χ2v) is 11.2. The Morgan fingerprint density at radius 2 is 1.45 bits per heavy atom. The molecule has 3 heterocycles. The number of amides is 1. The highest BCUT2D eigenvalue weighted by Gasteiger charge is 2.57. The summed E-state index contributed by atoms with van der Waals surface area (Å²) < 4.78 is 34.1. The fourth-order valence-electron chi connectivity index (χ4n) is 4.48. The fourth-order valence-corrected chi connectivity index (χ4v) is 4.48. The number of aromatic nitrogens is 1. The molecule has 0 spiro atoms. The normalized spacial score (nSPS) is 27.7. The number of carbonyl (C=O) groups excluding carboxylic acids is 5. The molecule has 2 aliphatic heterocycles. The molecule has 232 valence electrons. The first-order valence-electron chi connectivity index (χ1n) is 13.9. The van der Waals surface area contributed by atoms with Gasteiger partial charge >= 0.3 is 23.9 Å². The first kappa shape index (κ1) is 32.9. The number of pyridine rings is 1. The van der Waals surface area contributed by atoms with Crippen molar-refractivity contribution >= 4 is 29.8 Å². The second kappa shape index (κ2) is 14.1. The molecule has 42 heavy (non-hydrogen) atoms. The maximum atomic E-state index is 13.3. The molecular weight excluding hydrogens is 552 g/mol. The third-order valence-corrected chi connectivity index (χ3v) is 6.99. The molecule has 3 rings (SSSR count). The predicted molar refractivity (Wildman–Crippen MR) is 144 cm³/mol. The summed E-state index contributed by atoms with van der Waals surface area (Å²) in [5.74, 6) is -5.33. The average Bonchev–Trinajstić information content (AvgIpc) is 3.23. The third kappa shape index (κ3) is 7.43. The van der Waals surface area contributed by atoms with Crippen molar-refractivity contribution in [3.8, 4) is 0 Å². The zero-order valence-electron chi connectivity index (χ0n) is 25.2. The Labute approximate surface area is 245 Å². The maximum absolute atomic E-state index is 13.3. The van der Waals surface area contributed by atoms with Crippen LogP contribution in [0.25, 0.3) is 0 Å². The minimum absolute atomic E-state index is 0.191. The quantitative estimate of drug-likeness (QED) is 0.288. The summed E-state index contributed by atoms with van der Waals surface area (Å²) in [6.45, 7) is 9.53. The number of methoxy groups -OCH3 is 1. The number of rotatable bonds is 10. The van der Waals surface area contributed by atoms with Gasteiger partial charge in [-0.1, -0.05) is 47.6 Å². The van der Waals surface area contributed by atoms with E-state index in [4.69, 9.17) is 28.4 Å². The van der Waals surface area contributed by atoms with Gasteiger partial charge in [0.05, 0.1) is 30.9 Å². The molecule has 1 aromatic rings. The molecule has 1 aromatic heterocycles. The van der Waals surface area contributed by atoms with Gasteiger partial charge in [0.15, 0.2) is 24.4 Å². The highest BCUT2D eigenvalue weighted by Crippen LogP contribution is 2.37. The number of esters is 4. The Hall–Kier alpha value is -3.58. The molecule has 1 amide bonds. The zero-order chi connectivity index (χ0) is 31.3. The van der Waals surface area contributed by atoms with Crippen molar-refractivity contribution in [2.45, 2.75) is 90.8 Å². The average molecular weight is 593 g/mol. The van der Waals surface area contributed by atoms with Crippen molar-refractivity contribution in [3.63, 3.8) is 0 Å². The molecule has 7 atom stereocenters. The zero-order valence-corrected chi connectivity index (χ0v) is 25.2. The van der Waals surface area contributed by atoms with Crippen LogP contribution in [0.15, 0.2) is 24.5 Å². The van der Waals surface area contributed by atoms with E-state index in [1.807, 2.05) is 6.07 Å². The van der Waals surface area contributed by atoms with Gasteiger partial charge < -0.3 is 33.3 Å². The van der Waals surface area contributed by atoms with Crippen molar-refractivity contribution in [2.75, 3.05) is 14.2 Å². The number of nitrogens with zero attached hydrogens (tertiary/aromatic N) is 2. The van der Waals surface area contributed by atoms with E-state index >= 15 is 0 Å². The molecule has 0 N–H and O–H groups in total. The molecule has 0 aromatic carbocycles. The summed E-state index contributed by atoms with van der Waals surface area (Å²) in [7, 11) is 2.73. The maximum Gasteiger partial charge on any atom is 0.339 e. The lowest BCUT2D eigenvalue weighted by Crippen LogP contribution is -2.65. The number of hydrogen-bond acceptors (Lipinski definition) is 12. The molecule has 13 nitrogen and oxygen atoms in total. The smallest absolute Gasteiger partial charge is 0.339 e. The summed E-state index contributed by atoms with van der Waals surface area (Å²) in [5, 5.41) is 0. The molecule has 0 unspecified atom stereocenters. The van der Waals surface area contributed by atoms with Gasteiger partial charge in [0.25, 0.3) is 5.91 Å². The second-order valence-electron chi connectivity index (χ2n) is 11.2. The molecule has 2 fully saturated rings. The van der Waals surface area contributed by atoms with Crippen LogP contribution in [-0.4, -0.2) is 90.6 Å². The van der Waals surface area contributed by atoms with Crippen LogP contribution in [0.3, 0.4) is 0 Å². The lowest BCUT2D eigenvalue weighted by molar-refractivity contribution is -0.309. The molecular formula is C29H40N2O11. The van der Waals surface area contributed by atoms with E-state index in [-0.39, 0.29) is 18.4 Å². The lowest BCUT2D eigenvalue weighted by Gasteiger charge is -2.44. The molecule has 0 radical (unpaired) electrons. The Bertz CT molecular complexity index is 1140. The summed E-state index contributed by atoms with van der Waals surface area (Å²) in [6, 6.07) is 3.21. The Balaban J connectivity index is 2.05. The van der Waals surface area contributed by atoms with Gasteiger partial charge in [0, 0.05) is 25.9 Å². The largest absolute Gasteiger partial charge is 0.467 e. The molecule has 13 heteroatoms. The number of carbonyl (C=O) groups is 5. The summed E-state index contributed by atoms with van der Waals surface area (Å²) in [5.41, 5.74) is 0.781. The standard InChI is InChI=1S/C29H40N2O11/c1-14(2)25(33)39-20-21(40-26(34)15(3)4)23(41-27(35)16(5)6)29(42-22(20)28(36)37-8)38-19-12-18(31(7)24(19)32)17-10-9-11-30-13-17/h9-11,13-16,18-23,29H,12H2,1-8H3/t18-,19-,20-,21+,22-,23+,29+/m0/s1. The lowest BCUT2D eigenvalue weighted by atomic mass is 9.97. The molecule has 0 saturated carbocycles. The van der Waals surface area contributed by atoms with Gasteiger partial charge in [0.1, 0.15) is 6.10 Å². The summed E-state index contributed by atoms with van der Waals surface area (Å²) in [4.78, 5) is 70.3. The highest BCUT2D eigenvalue weighted by molar-refractivity contribution is 5.83. The van der Waals surface area contributed by atoms with E-state index in [1.54, 1.807) is 67.1 Å². The van der Waals surface area contributed by atoms with Gasteiger partial charge in [-0.3, -0.25) is 24.2 Å². The van der Waals surface area contributed by atoms with E-state index in [9.17, 15) is 24.0 Å². The predicted octanol–water partition coefficient (Wildman–Crippen LogP) is 1.97. The minimum Gasteiger partial charge on any atom is -0.467 e. The topological polar surface area (TPSA) is 157 Å². The van der Waals surface area contributed by atoms with Gasteiger partial charge in [-0.15, -0.1) is 0 Å². The highest BCUT2D eigenvalue weighted by atomic mass is 16.7. The van der Waals surface area contributed by atoms with Crippen LogP contribution in [0.1, 0.15) is 59.6 Å². The van der Waals surface area contributed by atoms with Crippen LogP contribution in [0.4, 0.5) is 0 Å². The fraction of sp³-hybridized carbons (Fsp3) is 0.655.